The monoisotopic (exact) mass is 366 g/mol. The van der Waals surface area contributed by atoms with Gasteiger partial charge in [0, 0.05) is 16.8 Å². The van der Waals surface area contributed by atoms with E-state index in [2.05, 4.69) is 10.6 Å². The number of rotatable bonds is 2. The lowest BCUT2D eigenvalue weighted by Gasteiger charge is -2.22. The van der Waals surface area contributed by atoms with Crippen LogP contribution >= 0.6 is 23.8 Å². The Bertz CT molecular complexity index is 506. The third-order valence-electron chi connectivity index (χ3n) is 4.87. The Balaban J connectivity index is 1.83. The molecule has 4 heteroatoms. The predicted molar refractivity (Wildman–Crippen MR) is 110 cm³/mol. The van der Waals surface area contributed by atoms with Crippen molar-refractivity contribution in [3.8, 4) is 0 Å². The molecule has 0 spiro atoms. The highest BCUT2D eigenvalue weighted by atomic mass is 35.5. The summed E-state index contributed by atoms with van der Waals surface area (Å²) in [5, 5.41) is 8.30. The molecular weight excluding hydrogens is 336 g/mol. The molecule has 0 aromatic heterocycles. The molecule has 1 saturated carbocycles. The minimum absolute atomic E-state index is 0.491. The van der Waals surface area contributed by atoms with Crippen LogP contribution in [0, 0.1) is 6.92 Å². The topological polar surface area (TPSA) is 24.1 Å². The van der Waals surface area contributed by atoms with Gasteiger partial charge in [-0.15, -0.1) is 0 Å². The Morgan fingerprint density at radius 2 is 1.50 bits per heavy atom. The molecule has 2 rings (SSSR count). The third-order valence-corrected chi connectivity index (χ3v) is 5.50. The summed E-state index contributed by atoms with van der Waals surface area (Å²) in [7, 11) is 0. The molecule has 1 aromatic carbocycles. The largest absolute Gasteiger partial charge is 0.360 e. The molecule has 0 radical (unpaired) electrons. The zero-order chi connectivity index (χ0) is 17.2. The highest BCUT2D eigenvalue weighted by Crippen LogP contribution is 2.20. The summed E-state index contributed by atoms with van der Waals surface area (Å²) in [4.78, 5) is 0. The van der Waals surface area contributed by atoms with E-state index in [1.165, 1.54) is 70.6 Å². The molecule has 0 atom stereocenters. The molecule has 0 amide bonds. The average molecular weight is 367 g/mol. The molecular formula is C20H31ClN2S. The van der Waals surface area contributed by atoms with E-state index in [4.69, 9.17) is 23.8 Å². The maximum Gasteiger partial charge on any atom is 0.170 e. The van der Waals surface area contributed by atoms with Gasteiger partial charge in [0.25, 0.3) is 0 Å². The van der Waals surface area contributed by atoms with E-state index in [-0.39, 0.29) is 0 Å². The number of nitrogens with one attached hydrogen (secondary N) is 2. The number of aryl methyl sites for hydroxylation is 1. The molecule has 1 fully saturated rings. The highest BCUT2D eigenvalue weighted by Gasteiger charge is 2.11. The fourth-order valence-corrected chi connectivity index (χ4v) is 3.80. The van der Waals surface area contributed by atoms with Gasteiger partial charge in [-0.1, -0.05) is 75.5 Å². The molecule has 0 saturated heterocycles. The lowest BCUT2D eigenvalue weighted by molar-refractivity contribution is 0.444. The van der Waals surface area contributed by atoms with Crippen LogP contribution in [-0.4, -0.2) is 11.2 Å². The summed E-state index contributed by atoms with van der Waals surface area (Å²) < 4.78 is 0. The number of halogens is 1. The van der Waals surface area contributed by atoms with Crippen molar-refractivity contribution in [2.45, 2.75) is 83.6 Å². The Morgan fingerprint density at radius 3 is 2.04 bits per heavy atom. The number of anilines is 1. The quantitative estimate of drug-likeness (QED) is 0.576. The first-order chi connectivity index (χ1) is 11.6. The normalized spacial score (nSPS) is 18.2. The van der Waals surface area contributed by atoms with Crippen molar-refractivity contribution in [3.63, 3.8) is 0 Å². The SMILES string of the molecule is Cc1ccc(NC(=S)NC2CCCCCCCCCCC2)cc1Cl. The van der Waals surface area contributed by atoms with Gasteiger partial charge in [-0.2, -0.15) is 0 Å². The summed E-state index contributed by atoms with van der Waals surface area (Å²) in [6.45, 7) is 2.01. The zero-order valence-electron chi connectivity index (χ0n) is 14.9. The van der Waals surface area contributed by atoms with Crippen molar-refractivity contribution in [2.75, 3.05) is 5.32 Å². The van der Waals surface area contributed by atoms with Gasteiger partial charge in [-0.05, 0) is 49.7 Å². The van der Waals surface area contributed by atoms with Gasteiger partial charge < -0.3 is 10.6 Å². The van der Waals surface area contributed by atoms with E-state index in [0.717, 1.165) is 16.3 Å². The highest BCUT2D eigenvalue weighted by molar-refractivity contribution is 7.80. The third kappa shape index (κ3) is 7.40. The Kier molecular flexibility index (Phi) is 8.90. The number of hydrogen-bond acceptors (Lipinski definition) is 1. The second-order valence-electron chi connectivity index (χ2n) is 7.02. The van der Waals surface area contributed by atoms with Crippen LogP contribution in [0.2, 0.25) is 5.02 Å². The van der Waals surface area contributed by atoms with Crippen LogP contribution in [0.5, 0.6) is 0 Å². The summed E-state index contributed by atoms with van der Waals surface area (Å²) >= 11 is 11.7. The lowest BCUT2D eigenvalue weighted by Crippen LogP contribution is -2.37. The molecule has 1 aromatic rings. The van der Waals surface area contributed by atoms with Gasteiger partial charge in [-0.3, -0.25) is 0 Å². The molecule has 0 bridgehead atoms. The van der Waals surface area contributed by atoms with Crippen LogP contribution in [0.1, 0.15) is 76.2 Å². The first kappa shape index (κ1) is 19.5. The van der Waals surface area contributed by atoms with E-state index in [9.17, 15) is 0 Å². The minimum atomic E-state index is 0.491. The molecule has 2 N–H and O–H groups in total. The summed E-state index contributed by atoms with van der Waals surface area (Å²) in [5.41, 5.74) is 2.04. The number of benzene rings is 1. The van der Waals surface area contributed by atoms with Crippen LogP contribution in [0.4, 0.5) is 5.69 Å². The molecule has 0 heterocycles. The van der Waals surface area contributed by atoms with Gasteiger partial charge in [0.2, 0.25) is 0 Å². The average Bonchev–Trinajstić information content (AvgIpc) is 2.53. The van der Waals surface area contributed by atoms with Crippen molar-refractivity contribution in [3.05, 3.63) is 28.8 Å². The van der Waals surface area contributed by atoms with Crippen LogP contribution < -0.4 is 10.6 Å². The van der Waals surface area contributed by atoms with Gasteiger partial charge in [0.1, 0.15) is 0 Å². The Labute approximate surface area is 157 Å². The van der Waals surface area contributed by atoms with Crippen molar-refractivity contribution in [1.82, 2.24) is 5.32 Å². The van der Waals surface area contributed by atoms with Gasteiger partial charge in [0.15, 0.2) is 5.11 Å². The smallest absolute Gasteiger partial charge is 0.170 e. The molecule has 1 aliphatic rings. The van der Waals surface area contributed by atoms with Crippen LogP contribution in [0.3, 0.4) is 0 Å². The minimum Gasteiger partial charge on any atom is -0.360 e. The van der Waals surface area contributed by atoms with Gasteiger partial charge >= 0.3 is 0 Å². The summed E-state index contributed by atoms with van der Waals surface area (Å²) in [5.74, 6) is 0. The van der Waals surface area contributed by atoms with E-state index in [1.54, 1.807) is 0 Å². The molecule has 1 aliphatic carbocycles. The molecule has 134 valence electrons. The maximum absolute atomic E-state index is 6.19. The van der Waals surface area contributed by atoms with E-state index >= 15 is 0 Å². The molecule has 0 aliphatic heterocycles. The zero-order valence-corrected chi connectivity index (χ0v) is 16.4. The van der Waals surface area contributed by atoms with Gasteiger partial charge in [-0.25, -0.2) is 0 Å². The van der Waals surface area contributed by atoms with Crippen molar-refractivity contribution in [2.24, 2.45) is 0 Å². The van der Waals surface area contributed by atoms with Gasteiger partial charge in [0.05, 0.1) is 0 Å². The summed E-state index contributed by atoms with van der Waals surface area (Å²) in [6.07, 6.45) is 14.8. The second kappa shape index (κ2) is 10.9. The van der Waals surface area contributed by atoms with E-state index in [0.29, 0.717) is 11.2 Å². The van der Waals surface area contributed by atoms with Crippen LogP contribution in [0.15, 0.2) is 18.2 Å². The fourth-order valence-electron chi connectivity index (χ4n) is 3.33. The van der Waals surface area contributed by atoms with E-state index < -0.39 is 0 Å². The van der Waals surface area contributed by atoms with Crippen LogP contribution in [0.25, 0.3) is 0 Å². The Hall–Kier alpha value is -0.800. The van der Waals surface area contributed by atoms with Crippen LogP contribution in [-0.2, 0) is 0 Å². The number of hydrogen-bond donors (Lipinski definition) is 2. The lowest BCUT2D eigenvalue weighted by atomic mass is 9.98. The fraction of sp³-hybridized carbons (Fsp3) is 0.650. The molecule has 24 heavy (non-hydrogen) atoms. The van der Waals surface area contributed by atoms with E-state index in [1.807, 2.05) is 25.1 Å². The van der Waals surface area contributed by atoms with Crippen molar-refractivity contribution in [1.29, 1.82) is 0 Å². The van der Waals surface area contributed by atoms with Crippen molar-refractivity contribution < 1.29 is 0 Å². The van der Waals surface area contributed by atoms with Crippen molar-refractivity contribution >= 4 is 34.6 Å². The maximum atomic E-state index is 6.19. The standard InChI is InChI=1S/C20H31ClN2S/c1-16-13-14-18(15-19(16)21)23-20(24)22-17-11-9-7-5-3-2-4-6-8-10-12-17/h13-15,17H,2-12H2,1H3,(H2,22,23,24). The molecule has 2 nitrogen and oxygen atoms in total. The number of thiocarbonyl (C=S) groups is 1. The summed E-state index contributed by atoms with van der Waals surface area (Å²) in [6, 6.07) is 6.47. The predicted octanol–water partition coefficient (Wildman–Crippen LogP) is 6.61. The first-order valence-electron chi connectivity index (χ1n) is 9.49. The molecule has 0 unspecified atom stereocenters. The Morgan fingerprint density at radius 1 is 0.958 bits per heavy atom. The second-order valence-corrected chi connectivity index (χ2v) is 7.83. The first-order valence-corrected chi connectivity index (χ1v) is 10.3.